The van der Waals surface area contributed by atoms with Crippen molar-refractivity contribution in [3.05, 3.63) is 83.6 Å². The number of hydrogen-bond donors (Lipinski definition) is 1. The Hall–Kier alpha value is -2.85. The molecule has 0 aliphatic carbocycles. The molecule has 0 aliphatic heterocycles. The Labute approximate surface area is 152 Å². The van der Waals surface area contributed by atoms with Crippen LogP contribution < -0.4 is 10.2 Å². The highest BCUT2D eigenvalue weighted by molar-refractivity contribution is 6.33. The summed E-state index contributed by atoms with van der Waals surface area (Å²) in [4.78, 5) is 18.9. The molecule has 0 radical (unpaired) electrons. The molecule has 0 bridgehead atoms. The minimum atomic E-state index is -0.244. The molecule has 0 fully saturated rings. The molecule has 0 spiro atoms. The number of rotatable bonds is 5. The van der Waals surface area contributed by atoms with Crippen molar-refractivity contribution in [3.8, 4) is 0 Å². The number of pyridine rings is 1. The lowest BCUT2D eigenvalue weighted by molar-refractivity contribution is 0.102. The zero-order valence-corrected chi connectivity index (χ0v) is 14.6. The van der Waals surface area contributed by atoms with E-state index in [1.807, 2.05) is 48.5 Å². The molecule has 0 aliphatic rings. The molecule has 1 amide bonds. The fourth-order valence-corrected chi connectivity index (χ4v) is 2.76. The molecule has 3 aromatic rings. The van der Waals surface area contributed by atoms with Crippen molar-refractivity contribution in [2.45, 2.75) is 6.92 Å². The fourth-order valence-electron chi connectivity index (χ4n) is 2.58. The number of nitrogens with zero attached hydrogens (tertiary/aromatic N) is 2. The quantitative estimate of drug-likeness (QED) is 0.691. The molecular formula is C20H18ClN3O. The molecule has 0 saturated carbocycles. The largest absolute Gasteiger partial charge is 0.340 e. The van der Waals surface area contributed by atoms with E-state index < -0.39 is 0 Å². The monoisotopic (exact) mass is 351 g/mol. The minimum Gasteiger partial charge on any atom is -0.340 e. The van der Waals surface area contributed by atoms with Crippen LogP contribution in [0.2, 0.25) is 5.02 Å². The van der Waals surface area contributed by atoms with Gasteiger partial charge in [0.05, 0.1) is 28.2 Å². The van der Waals surface area contributed by atoms with E-state index in [1.165, 1.54) is 0 Å². The van der Waals surface area contributed by atoms with Crippen LogP contribution in [0.15, 0.2) is 73.1 Å². The van der Waals surface area contributed by atoms with E-state index in [9.17, 15) is 4.79 Å². The maximum atomic E-state index is 12.5. The highest BCUT2D eigenvalue weighted by Crippen LogP contribution is 2.26. The number of benzene rings is 2. The van der Waals surface area contributed by atoms with Gasteiger partial charge in [0.25, 0.3) is 5.91 Å². The van der Waals surface area contributed by atoms with Gasteiger partial charge in [0.1, 0.15) is 0 Å². The first-order valence-electron chi connectivity index (χ1n) is 8.02. The van der Waals surface area contributed by atoms with Crippen LogP contribution in [0, 0.1) is 0 Å². The highest BCUT2D eigenvalue weighted by Gasteiger charge is 2.13. The van der Waals surface area contributed by atoms with Gasteiger partial charge in [-0.1, -0.05) is 41.9 Å². The molecule has 1 aromatic heterocycles. The second-order valence-corrected chi connectivity index (χ2v) is 5.85. The summed E-state index contributed by atoms with van der Waals surface area (Å²) >= 11 is 6.10. The Kier molecular flexibility index (Phi) is 5.31. The maximum Gasteiger partial charge on any atom is 0.257 e. The van der Waals surface area contributed by atoms with Gasteiger partial charge in [0.15, 0.2) is 0 Å². The average Bonchev–Trinajstić information content (AvgIpc) is 2.65. The molecule has 3 rings (SSSR count). The summed E-state index contributed by atoms with van der Waals surface area (Å²) in [6.45, 7) is 2.82. The summed E-state index contributed by atoms with van der Waals surface area (Å²) in [7, 11) is 0. The summed E-state index contributed by atoms with van der Waals surface area (Å²) in [5, 5.41) is 3.32. The number of carbonyl (C=O) groups is 1. The molecule has 5 heteroatoms. The van der Waals surface area contributed by atoms with Crippen molar-refractivity contribution in [2.24, 2.45) is 0 Å². The third kappa shape index (κ3) is 3.98. The zero-order valence-electron chi connectivity index (χ0n) is 13.8. The molecular weight excluding hydrogens is 334 g/mol. The number of para-hydroxylation sites is 2. The van der Waals surface area contributed by atoms with E-state index >= 15 is 0 Å². The van der Waals surface area contributed by atoms with E-state index in [4.69, 9.17) is 11.6 Å². The maximum absolute atomic E-state index is 12.5. The number of aromatic nitrogens is 1. The Morgan fingerprint density at radius 2 is 1.76 bits per heavy atom. The number of carbonyl (C=O) groups excluding carboxylic acids is 1. The van der Waals surface area contributed by atoms with Crippen LogP contribution in [0.25, 0.3) is 0 Å². The van der Waals surface area contributed by atoms with Gasteiger partial charge in [0, 0.05) is 18.4 Å². The van der Waals surface area contributed by atoms with Gasteiger partial charge in [-0.25, -0.2) is 0 Å². The van der Waals surface area contributed by atoms with Crippen molar-refractivity contribution in [1.82, 2.24) is 4.98 Å². The standard InChI is InChI=1S/C20H18ClN3O/c1-2-24(16-8-4-3-5-9-16)17-12-15(13-22-14-17)20(25)23-19-11-7-6-10-18(19)21/h3-14H,2H2,1H3,(H,23,25). The van der Waals surface area contributed by atoms with Gasteiger partial charge in [-0.3, -0.25) is 9.78 Å². The van der Waals surface area contributed by atoms with E-state index in [1.54, 1.807) is 24.5 Å². The minimum absolute atomic E-state index is 0.244. The Bertz CT molecular complexity index is 868. The molecule has 25 heavy (non-hydrogen) atoms. The molecule has 0 atom stereocenters. The van der Waals surface area contributed by atoms with Crippen molar-refractivity contribution in [1.29, 1.82) is 0 Å². The van der Waals surface area contributed by atoms with Crippen LogP contribution in [0.4, 0.5) is 17.1 Å². The van der Waals surface area contributed by atoms with Crippen LogP contribution >= 0.6 is 11.6 Å². The van der Waals surface area contributed by atoms with Gasteiger partial charge in [0.2, 0.25) is 0 Å². The summed E-state index contributed by atoms with van der Waals surface area (Å²) in [6.07, 6.45) is 3.30. The molecule has 1 heterocycles. The average molecular weight is 352 g/mol. The first-order chi connectivity index (χ1) is 12.2. The van der Waals surface area contributed by atoms with E-state index in [-0.39, 0.29) is 5.91 Å². The van der Waals surface area contributed by atoms with Crippen LogP contribution in [0.1, 0.15) is 17.3 Å². The molecule has 1 N–H and O–H groups in total. The Morgan fingerprint density at radius 3 is 2.48 bits per heavy atom. The summed E-state index contributed by atoms with van der Waals surface area (Å²) in [6, 6.07) is 19.0. The SMILES string of the molecule is CCN(c1ccccc1)c1cncc(C(=O)Nc2ccccc2Cl)c1. The van der Waals surface area contributed by atoms with E-state index in [2.05, 4.69) is 22.1 Å². The summed E-state index contributed by atoms with van der Waals surface area (Å²) < 4.78 is 0. The molecule has 4 nitrogen and oxygen atoms in total. The Balaban J connectivity index is 1.86. The van der Waals surface area contributed by atoms with Gasteiger partial charge in [-0.2, -0.15) is 0 Å². The van der Waals surface area contributed by atoms with Crippen LogP contribution in [-0.4, -0.2) is 17.4 Å². The smallest absolute Gasteiger partial charge is 0.257 e. The molecule has 0 saturated heterocycles. The molecule has 2 aromatic carbocycles. The normalized spacial score (nSPS) is 10.3. The van der Waals surface area contributed by atoms with Crippen molar-refractivity contribution >= 4 is 34.6 Å². The fraction of sp³-hybridized carbons (Fsp3) is 0.100. The zero-order chi connectivity index (χ0) is 17.6. The predicted molar refractivity (Wildman–Crippen MR) is 103 cm³/mol. The second kappa shape index (κ2) is 7.81. The number of anilines is 3. The molecule has 0 unspecified atom stereocenters. The van der Waals surface area contributed by atoms with Crippen LogP contribution in [0.5, 0.6) is 0 Å². The lowest BCUT2D eigenvalue weighted by atomic mass is 10.2. The van der Waals surface area contributed by atoms with Crippen LogP contribution in [-0.2, 0) is 0 Å². The Morgan fingerprint density at radius 1 is 1.04 bits per heavy atom. The first-order valence-corrected chi connectivity index (χ1v) is 8.40. The molecule has 126 valence electrons. The van der Waals surface area contributed by atoms with Crippen molar-refractivity contribution in [3.63, 3.8) is 0 Å². The topological polar surface area (TPSA) is 45.2 Å². The van der Waals surface area contributed by atoms with Gasteiger partial charge in [-0.05, 0) is 37.3 Å². The predicted octanol–water partition coefficient (Wildman–Crippen LogP) is 5.15. The van der Waals surface area contributed by atoms with Crippen molar-refractivity contribution in [2.75, 3.05) is 16.8 Å². The first kappa shape index (κ1) is 17.0. The third-order valence-electron chi connectivity index (χ3n) is 3.80. The third-order valence-corrected chi connectivity index (χ3v) is 4.13. The number of hydrogen-bond acceptors (Lipinski definition) is 3. The van der Waals surface area contributed by atoms with Gasteiger partial charge in [-0.15, -0.1) is 0 Å². The van der Waals surface area contributed by atoms with Crippen LogP contribution in [0.3, 0.4) is 0 Å². The van der Waals surface area contributed by atoms with Crippen molar-refractivity contribution < 1.29 is 4.79 Å². The van der Waals surface area contributed by atoms with E-state index in [0.29, 0.717) is 16.3 Å². The number of halogens is 1. The van der Waals surface area contributed by atoms with Gasteiger partial charge >= 0.3 is 0 Å². The lowest BCUT2D eigenvalue weighted by Gasteiger charge is -2.23. The lowest BCUT2D eigenvalue weighted by Crippen LogP contribution is -2.18. The highest BCUT2D eigenvalue weighted by atomic mass is 35.5. The van der Waals surface area contributed by atoms with Gasteiger partial charge < -0.3 is 10.2 Å². The number of nitrogens with one attached hydrogen (secondary N) is 1. The number of amides is 1. The summed E-state index contributed by atoms with van der Waals surface area (Å²) in [5.41, 5.74) is 2.97. The second-order valence-electron chi connectivity index (χ2n) is 5.45. The van der Waals surface area contributed by atoms with E-state index in [0.717, 1.165) is 17.9 Å². The summed E-state index contributed by atoms with van der Waals surface area (Å²) in [5.74, 6) is -0.244.